The molecule has 0 bridgehead atoms. The monoisotopic (exact) mass is 441 g/mol. The highest BCUT2D eigenvalue weighted by Gasteiger charge is 2.08. The first kappa shape index (κ1) is 22.8. The molecule has 0 amide bonds. The van der Waals surface area contributed by atoms with Crippen LogP contribution in [0.3, 0.4) is 0 Å². The second-order valence-electron chi connectivity index (χ2n) is 7.51. The highest BCUT2D eigenvalue weighted by Crippen LogP contribution is 2.19. The van der Waals surface area contributed by atoms with E-state index in [1.807, 2.05) is 31.2 Å². The average molecular weight is 442 g/mol. The lowest BCUT2D eigenvalue weighted by Crippen LogP contribution is -2.38. The molecule has 166 valence electrons. The summed E-state index contributed by atoms with van der Waals surface area (Å²) in [5.41, 5.74) is 5.47. The van der Waals surface area contributed by atoms with Gasteiger partial charge in [-0.25, -0.2) is 18.1 Å². The molecule has 8 heteroatoms. The molecule has 1 heterocycles. The van der Waals surface area contributed by atoms with Crippen molar-refractivity contribution < 1.29 is 8.42 Å². The standard InChI is InChI=1S/C23H31N5O2S/c1-4-25-23(26-12-11-20-15-27-22-13-17(2)5-10-21(20)22)28-14-18-6-8-19(9-7-18)16-31(29,30)24-3/h5-10,13,15,24,27H,4,11-12,14,16H2,1-3H3,(H2,25,26,28). The van der Waals surface area contributed by atoms with Gasteiger partial charge in [0.25, 0.3) is 0 Å². The molecule has 0 aliphatic rings. The summed E-state index contributed by atoms with van der Waals surface area (Å²) in [7, 11) is -1.84. The Labute approximate surface area is 184 Å². The summed E-state index contributed by atoms with van der Waals surface area (Å²) in [4.78, 5) is 8.00. The SMILES string of the molecule is CCNC(=NCc1ccc(CS(=O)(=O)NC)cc1)NCCc1c[nH]c2cc(C)ccc12. The van der Waals surface area contributed by atoms with Crippen LogP contribution in [0.15, 0.2) is 53.7 Å². The minimum atomic E-state index is -3.26. The van der Waals surface area contributed by atoms with Gasteiger partial charge < -0.3 is 15.6 Å². The third kappa shape index (κ3) is 6.57. The predicted octanol–water partition coefficient (Wildman–Crippen LogP) is 2.82. The Balaban J connectivity index is 1.57. The van der Waals surface area contributed by atoms with Crippen molar-refractivity contribution in [2.75, 3.05) is 20.1 Å². The number of rotatable bonds is 9. The molecule has 0 saturated carbocycles. The van der Waals surface area contributed by atoms with Crippen LogP contribution in [0.25, 0.3) is 10.9 Å². The van der Waals surface area contributed by atoms with Crippen molar-refractivity contribution in [1.82, 2.24) is 20.3 Å². The molecule has 2 aromatic carbocycles. The van der Waals surface area contributed by atoms with E-state index in [2.05, 4.69) is 56.7 Å². The van der Waals surface area contributed by atoms with E-state index in [0.29, 0.717) is 6.54 Å². The number of H-pyrrole nitrogens is 1. The number of hydrogen-bond acceptors (Lipinski definition) is 3. The zero-order chi connectivity index (χ0) is 22.3. The van der Waals surface area contributed by atoms with Crippen molar-refractivity contribution in [1.29, 1.82) is 0 Å². The maximum absolute atomic E-state index is 11.7. The molecule has 0 spiro atoms. The fourth-order valence-corrected chi connectivity index (χ4v) is 4.14. The van der Waals surface area contributed by atoms with Crippen molar-refractivity contribution in [3.05, 3.63) is 70.9 Å². The van der Waals surface area contributed by atoms with Gasteiger partial charge in [0.1, 0.15) is 0 Å². The summed E-state index contributed by atoms with van der Waals surface area (Å²) in [5.74, 6) is 0.741. The third-order valence-electron chi connectivity index (χ3n) is 5.06. The third-order valence-corrected chi connectivity index (χ3v) is 6.40. The number of guanidine groups is 1. The van der Waals surface area contributed by atoms with E-state index in [4.69, 9.17) is 0 Å². The number of sulfonamides is 1. The Morgan fingerprint density at radius 1 is 1.06 bits per heavy atom. The van der Waals surface area contributed by atoms with Crippen molar-refractivity contribution in [2.45, 2.75) is 32.6 Å². The van der Waals surface area contributed by atoms with E-state index in [1.165, 1.54) is 29.1 Å². The molecule has 0 aliphatic heterocycles. The number of benzene rings is 2. The Hall–Kier alpha value is -2.84. The first-order valence-electron chi connectivity index (χ1n) is 10.5. The lowest BCUT2D eigenvalue weighted by molar-refractivity contribution is 0.587. The van der Waals surface area contributed by atoms with Gasteiger partial charge in [-0.1, -0.05) is 36.4 Å². The molecule has 4 N–H and O–H groups in total. The summed E-state index contributed by atoms with van der Waals surface area (Å²) < 4.78 is 25.7. The van der Waals surface area contributed by atoms with E-state index < -0.39 is 10.0 Å². The van der Waals surface area contributed by atoms with E-state index in [1.54, 1.807) is 0 Å². The highest BCUT2D eigenvalue weighted by molar-refractivity contribution is 7.88. The molecule has 1 aromatic heterocycles. The molecule has 0 unspecified atom stereocenters. The number of aromatic amines is 1. The van der Waals surface area contributed by atoms with E-state index in [9.17, 15) is 8.42 Å². The summed E-state index contributed by atoms with van der Waals surface area (Å²) >= 11 is 0. The quantitative estimate of drug-likeness (QED) is 0.303. The van der Waals surface area contributed by atoms with Crippen molar-refractivity contribution in [3.8, 4) is 0 Å². The number of nitrogens with zero attached hydrogens (tertiary/aromatic N) is 1. The van der Waals surface area contributed by atoms with Crippen LogP contribution in [0.5, 0.6) is 0 Å². The summed E-state index contributed by atoms with van der Waals surface area (Å²) in [6.45, 7) is 6.20. The molecule has 31 heavy (non-hydrogen) atoms. The smallest absolute Gasteiger partial charge is 0.215 e. The second kappa shape index (κ2) is 10.5. The zero-order valence-corrected chi connectivity index (χ0v) is 19.1. The van der Waals surface area contributed by atoms with Gasteiger partial charge in [-0.15, -0.1) is 0 Å². The summed E-state index contributed by atoms with van der Waals surface area (Å²) in [5, 5.41) is 7.92. The largest absolute Gasteiger partial charge is 0.361 e. The van der Waals surface area contributed by atoms with E-state index >= 15 is 0 Å². The minimum absolute atomic E-state index is 0.0232. The summed E-state index contributed by atoms with van der Waals surface area (Å²) in [6, 6.07) is 14.0. The number of aliphatic imine (C=N–C) groups is 1. The lowest BCUT2D eigenvalue weighted by atomic mass is 10.1. The van der Waals surface area contributed by atoms with Crippen LogP contribution in [-0.2, 0) is 28.7 Å². The Bertz CT molecular complexity index is 1130. The highest BCUT2D eigenvalue weighted by atomic mass is 32.2. The van der Waals surface area contributed by atoms with Gasteiger partial charge in [0.15, 0.2) is 5.96 Å². The molecule has 0 fully saturated rings. The fourth-order valence-electron chi connectivity index (χ4n) is 3.37. The zero-order valence-electron chi connectivity index (χ0n) is 18.3. The second-order valence-corrected chi connectivity index (χ2v) is 9.44. The molecule has 7 nitrogen and oxygen atoms in total. The molecule has 3 aromatic rings. The van der Waals surface area contributed by atoms with E-state index in [-0.39, 0.29) is 5.75 Å². The number of aromatic nitrogens is 1. The maximum Gasteiger partial charge on any atom is 0.215 e. The van der Waals surface area contributed by atoms with Gasteiger partial charge in [0, 0.05) is 30.2 Å². The van der Waals surface area contributed by atoms with Gasteiger partial charge in [-0.05, 0) is 55.6 Å². The molecular weight excluding hydrogens is 410 g/mol. The number of nitrogens with one attached hydrogen (secondary N) is 4. The lowest BCUT2D eigenvalue weighted by Gasteiger charge is -2.11. The maximum atomic E-state index is 11.7. The molecule has 0 atom stereocenters. The van der Waals surface area contributed by atoms with Gasteiger partial charge in [0.05, 0.1) is 12.3 Å². The van der Waals surface area contributed by atoms with Crippen LogP contribution >= 0.6 is 0 Å². The number of fused-ring (bicyclic) bond motifs is 1. The Morgan fingerprint density at radius 3 is 2.52 bits per heavy atom. The van der Waals surface area contributed by atoms with Gasteiger partial charge >= 0.3 is 0 Å². The van der Waals surface area contributed by atoms with Crippen LogP contribution in [0, 0.1) is 6.92 Å². The van der Waals surface area contributed by atoms with Crippen molar-refractivity contribution in [3.63, 3.8) is 0 Å². The molecule has 0 saturated heterocycles. The van der Waals surface area contributed by atoms with Crippen LogP contribution in [0.4, 0.5) is 0 Å². The molecule has 0 aliphatic carbocycles. The minimum Gasteiger partial charge on any atom is -0.361 e. The first-order chi connectivity index (χ1) is 14.9. The predicted molar refractivity (Wildman–Crippen MR) is 128 cm³/mol. The topological polar surface area (TPSA) is 98.4 Å². The first-order valence-corrected chi connectivity index (χ1v) is 12.1. The number of hydrogen-bond donors (Lipinski definition) is 4. The fraction of sp³-hybridized carbons (Fsp3) is 0.348. The van der Waals surface area contributed by atoms with Crippen LogP contribution < -0.4 is 15.4 Å². The Morgan fingerprint density at radius 2 is 1.81 bits per heavy atom. The van der Waals surface area contributed by atoms with Crippen LogP contribution in [0.2, 0.25) is 0 Å². The van der Waals surface area contributed by atoms with Gasteiger partial charge in [-0.3, -0.25) is 0 Å². The summed E-state index contributed by atoms with van der Waals surface area (Å²) in [6.07, 6.45) is 2.97. The number of aryl methyl sites for hydroxylation is 1. The molecule has 0 radical (unpaired) electrons. The van der Waals surface area contributed by atoms with E-state index in [0.717, 1.165) is 36.6 Å². The molecular formula is C23H31N5O2S. The van der Waals surface area contributed by atoms with Crippen LogP contribution in [0.1, 0.15) is 29.2 Å². The van der Waals surface area contributed by atoms with Crippen molar-refractivity contribution in [2.24, 2.45) is 4.99 Å². The normalized spacial score (nSPS) is 12.3. The van der Waals surface area contributed by atoms with Gasteiger partial charge in [-0.2, -0.15) is 0 Å². The average Bonchev–Trinajstić information content (AvgIpc) is 3.14. The molecule has 3 rings (SSSR count). The van der Waals surface area contributed by atoms with Crippen molar-refractivity contribution >= 4 is 26.9 Å². The van der Waals surface area contributed by atoms with Gasteiger partial charge in [0.2, 0.25) is 10.0 Å². The Kier molecular flexibility index (Phi) is 7.70. The van der Waals surface area contributed by atoms with Crippen LogP contribution in [-0.4, -0.2) is 39.5 Å².